The molecule has 1 aromatic rings. The van der Waals surface area contributed by atoms with E-state index in [1.807, 2.05) is 19.9 Å². The van der Waals surface area contributed by atoms with Crippen molar-refractivity contribution < 1.29 is 9.90 Å². The lowest BCUT2D eigenvalue weighted by molar-refractivity contribution is -0.120. The third kappa shape index (κ3) is 3.10. The summed E-state index contributed by atoms with van der Waals surface area (Å²) >= 11 is 0. The zero-order valence-electron chi connectivity index (χ0n) is 11.1. The third-order valence-corrected chi connectivity index (χ3v) is 3.81. The van der Waals surface area contributed by atoms with Gasteiger partial charge in [0.15, 0.2) is 0 Å². The molecule has 1 fully saturated rings. The molecule has 98 valence electrons. The van der Waals surface area contributed by atoms with Crippen molar-refractivity contribution in [3.8, 4) is 0 Å². The van der Waals surface area contributed by atoms with Crippen LogP contribution >= 0.6 is 0 Å². The fourth-order valence-electron chi connectivity index (χ4n) is 2.08. The van der Waals surface area contributed by atoms with Crippen LogP contribution in [0.2, 0.25) is 0 Å². The van der Waals surface area contributed by atoms with Gasteiger partial charge in [0.05, 0.1) is 13.0 Å². The zero-order valence-corrected chi connectivity index (χ0v) is 11.1. The van der Waals surface area contributed by atoms with E-state index in [0.29, 0.717) is 13.0 Å². The van der Waals surface area contributed by atoms with Gasteiger partial charge in [-0.25, -0.2) is 0 Å². The molecule has 2 N–H and O–H groups in total. The summed E-state index contributed by atoms with van der Waals surface area (Å²) < 4.78 is 0. The van der Waals surface area contributed by atoms with Gasteiger partial charge in [-0.15, -0.1) is 0 Å². The first-order chi connectivity index (χ1) is 8.54. The molecular weight excluding hydrogens is 226 g/mol. The van der Waals surface area contributed by atoms with Gasteiger partial charge in [-0.05, 0) is 37.8 Å². The summed E-state index contributed by atoms with van der Waals surface area (Å²) in [6.07, 6.45) is 2.47. The van der Waals surface area contributed by atoms with Crippen LogP contribution in [0.1, 0.15) is 29.5 Å². The molecule has 0 aromatic heterocycles. The SMILES string of the molecule is Cc1ccc(C)c(CC(=O)NCC2(CO)CC2)c1. The van der Waals surface area contributed by atoms with Crippen molar-refractivity contribution in [2.24, 2.45) is 5.41 Å². The zero-order chi connectivity index (χ0) is 13.2. The van der Waals surface area contributed by atoms with E-state index in [1.54, 1.807) is 0 Å². The van der Waals surface area contributed by atoms with Crippen LogP contribution in [0.3, 0.4) is 0 Å². The topological polar surface area (TPSA) is 49.3 Å². The highest BCUT2D eigenvalue weighted by Crippen LogP contribution is 2.44. The molecule has 0 bridgehead atoms. The molecule has 0 atom stereocenters. The number of carbonyl (C=O) groups excluding carboxylic acids is 1. The van der Waals surface area contributed by atoms with Gasteiger partial charge in [0.2, 0.25) is 5.91 Å². The Hall–Kier alpha value is -1.35. The average molecular weight is 247 g/mol. The molecule has 2 rings (SSSR count). The summed E-state index contributed by atoms with van der Waals surface area (Å²) in [4.78, 5) is 11.9. The molecule has 0 heterocycles. The summed E-state index contributed by atoms with van der Waals surface area (Å²) in [5, 5.41) is 12.1. The molecule has 3 nitrogen and oxygen atoms in total. The minimum atomic E-state index is -0.0166. The van der Waals surface area contributed by atoms with Crippen molar-refractivity contribution in [3.63, 3.8) is 0 Å². The van der Waals surface area contributed by atoms with Gasteiger partial charge in [-0.3, -0.25) is 4.79 Å². The number of benzene rings is 1. The van der Waals surface area contributed by atoms with Gasteiger partial charge in [-0.1, -0.05) is 23.8 Å². The fraction of sp³-hybridized carbons (Fsp3) is 0.533. The van der Waals surface area contributed by atoms with Gasteiger partial charge in [-0.2, -0.15) is 0 Å². The van der Waals surface area contributed by atoms with Crippen molar-refractivity contribution in [1.82, 2.24) is 5.32 Å². The van der Waals surface area contributed by atoms with E-state index in [0.717, 1.165) is 24.0 Å². The molecule has 1 saturated carbocycles. The van der Waals surface area contributed by atoms with E-state index in [2.05, 4.69) is 17.4 Å². The number of hydrogen-bond donors (Lipinski definition) is 2. The van der Waals surface area contributed by atoms with Crippen LogP contribution < -0.4 is 5.32 Å². The Bertz CT molecular complexity index is 450. The number of amides is 1. The van der Waals surface area contributed by atoms with Crippen molar-refractivity contribution in [2.75, 3.05) is 13.2 Å². The minimum absolute atomic E-state index is 0.0166. The maximum atomic E-state index is 11.9. The average Bonchev–Trinajstić information content (AvgIpc) is 3.12. The Morgan fingerprint density at radius 2 is 2.11 bits per heavy atom. The molecule has 0 spiro atoms. The molecule has 1 aliphatic rings. The molecule has 3 heteroatoms. The third-order valence-electron chi connectivity index (χ3n) is 3.81. The quantitative estimate of drug-likeness (QED) is 0.832. The first kappa shape index (κ1) is 13.1. The van der Waals surface area contributed by atoms with Crippen molar-refractivity contribution in [3.05, 3.63) is 34.9 Å². The van der Waals surface area contributed by atoms with Crippen LogP contribution in [0.5, 0.6) is 0 Å². The minimum Gasteiger partial charge on any atom is -0.396 e. The van der Waals surface area contributed by atoms with Crippen molar-refractivity contribution in [2.45, 2.75) is 33.1 Å². The molecule has 1 amide bonds. The smallest absolute Gasteiger partial charge is 0.224 e. The summed E-state index contributed by atoms with van der Waals surface area (Å²) in [7, 11) is 0. The first-order valence-corrected chi connectivity index (χ1v) is 6.48. The number of aliphatic hydroxyl groups excluding tert-OH is 1. The summed E-state index contributed by atoms with van der Waals surface area (Å²) in [5.41, 5.74) is 3.40. The summed E-state index contributed by atoms with van der Waals surface area (Å²) in [6.45, 7) is 4.84. The number of rotatable bonds is 5. The lowest BCUT2D eigenvalue weighted by Gasteiger charge is -2.13. The van der Waals surface area contributed by atoms with E-state index in [4.69, 9.17) is 0 Å². The Balaban J connectivity index is 1.89. The van der Waals surface area contributed by atoms with Gasteiger partial charge < -0.3 is 10.4 Å². The van der Waals surface area contributed by atoms with E-state index >= 15 is 0 Å². The molecule has 18 heavy (non-hydrogen) atoms. The second-order valence-corrected chi connectivity index (χ2v) is 5.54. The number of carbonyl (C=O) groups is 1. The van der Waals surface area contributed by atoms with Crippen LogP contribution in [0, 0.1) is 19.3 Å². The highest BCUT2D eigenvalue weighted by Gasteiger charge is 2.41. The van der Waals surface area contributed by atoms with Gasteiger partial charge in [0.25, 0.3) is 0 Å². The predicted octanol–water partition coefficient (Wildman–Crippen LogP) is 1.73. The molecule has 0 aliphatic heterocycles. The molecule has 1 aromatic carbocycles. The van der Waals surface area contributed by atoms with E-state index < -0.39 is 0 Å². The predicted molar refractivity (Wildman–Crippen MR) is 71.4 cm³/mol. The second-order valence-electron chi connectivity index (χ2n) is 5.54. The molecule has 0 saturated heterocycles. The lowest BCUT2D eigenvalue weighted by Crippen LogP contribution is -2.33. The first-order valence-electron chi connectivity index (χ1n) is 6.48. The van der Waals surface area contributed by atoms with Gasteiger partial charge >= 0.3 is 0 Å². The van der Waals surface area contributed by atoms with E-state index in [-0.39, 0.29) is 17.9 Å². The monoisotopic (exact) mass is 247 g/mol. The van der Waals surface area contributed by atoms with Crippen molar-refractivity contribution in [1.29, 1.82) is 0 Å². The summed E-state index contributed by atoms with van der Waals surface area (Å²) in [5.74, 6) is 0.0448. The Kier molecular flexibility index (Phi) is 3.71. The molecule has 1 aliphatic carbocycles. The van der Waals surface area contributed by atoms with E-state index in [9.17, 15) is 9.90 Å². The number of nitrogens with one attached hydrogen (secondary N) is 1. The summed E-state index contributed by atoms with van der Waals surface area (Å²) in [6, 6.07) is 6.17. The fourth-order valence-corrected chi connectivity index (χ4v) is 2.08. The molecule has 0 radical (unpaired) electrons. The highest BCUT2D eigenvalue weighted by atomic mass is 16.3. The Morgan fingerprint density at radius 3 is 2.72 bits per heavy atom. The van der Waals surface area contributed by atoms with Crippen LogP contribution in [-0.2, 0) is 11.2 Å². The van der Waals surface area contributed by atoms with Crippen LogP contribution in [-0.4, -0.2) is 24.2 Å². The van der Waals surface area contributed by atoms with E-state index in [1.165, 1.54) is 5.56 Å². The number of hydrogen-bond acceptors (Lipinski definition) is 2. The maximum absolute atomic E-state index is 11.9. The van der Waals surface area contributed by atoms with Crippen LogP contribution in [0.4, 0.5) is 0 Å². The van der Waals surface area contributed by atoms with Gasteiger partial charge in [0.1, 0.15) is 0 Å². The maximum Gasteiger partial charge on any atom is 0.224 e. The highest BCUT2D eigenvalue weighted by molar-refractivity contribution is 5.79. The van der Waals surface area contributed by atoms with Gasteiger partial charge in [0, 0.05) is 12.0 Å². The normalized spacial score (nSPS) is 16.4. The molecular formula is C15H21NO2. The van der Waals surface area contributed by atoms with Crippen molar-refractivity contribution >= 4 is 5.91 Å². The van der Waals surface area contributed by atoms with Crippen LogP contribution in [0.25, 0.3) is 0 Å². The second kappa shape index (κ2) is 5.11. The van der Waals surface area contributed by atoms with Crippen LogP contribution in [0.15, 0.2) is 18.2 Å². The number of aliphatic hydroxyl groups is 1. The molecule has 0 unspecified atom stereocenters. The standard InChI is InChI=1S/C15H21NO2/c1-11-3-4-12(2)13(7-11)8-14(18)16-9-15(10-17)5-6-15/h3-4,7,17H,5-6,8-10H2,1-2H3,(H,16,18). The number of aryl methyl sites for hydroxylation is 2. The largest absolute Gasteiger partial charge is 0.396 e. The lowest BCUT2D eigenvalue weighted by atomic mass is 10.0. The Morgan fingerprint density at radius 1 is 1.39 bits per heavy atom. The Labute approximate surface area is 108 Å².